The topological polar surface area (TPSA) is 115 Å². The molecular weight excluding hydrogens is 428 g/mol. The number of hydrogen-bond donors (Lipinski definition) is 3. The van der Waals surface area contributed by atoms with Gasteiger partial charge in [-0.2, -0.15) is 10.4 Å². The van der Waals surface area contributed by atoms with Crippen LogP contribution in [0.1, 0.15) is 44.4 Å². The van der Waals surface area contributed by atoms with E-state index in [0.29, 0.717) is 11.6 Å². The fourth-order valence-corrected chi connectivity index (χ4v) is 4.25. The third kappa shape index (κ3) is 6.10. The van der Waals surface area contributed by atoms with Gasteiger partial charge < -0.3 is 20.3 Å². The molecule has 3 N–H and O–H groups in total. The van der Waals surface area contributed by atoms with E-state index in [-0.39, 0.29) is 11.2 Å². The lowest BCUT2D eigenvalue weighted by molar-refractivity contribution is 0.172. The molecule has 0 saturated carbocycles. The second kappa shape index (κ2) is 10.6. The molecule has 3 heterocycles. The first kappa shape index (κ1) is 23.7. The van der Waals surface area contributed by atoms with Crippen molar-refractivity contribution in [3.05, 3.63) is 47.9 Å². The Labute approximate surface area is 200 Å². The summed E-state index contributed by atoms with van der Waals surface area (Å²) < 4.78 is 5.69. The number of aromatic amines is 1. The van der Waals surface area contributed by atoms with E-state index in [0.717, 1.165) is 35.7 Å². The molecule has 0 unspecified atom stereocenters. The lowest BCUT2D eigenvalue weighted by atomic mass is 10.0. The van der Waals surface area contributed by atoms with Crippen molar-refractivity contribution in [3.63, 3.8) is 0 Å². The summed E-state index contributed by atoms with van der Waals surface area (Å²) in [6, 6.07) is 10.1. The summed E-state index contributed by atoms with van der Waals surface area (Å²) >= 11 is 0. The molecule has 9 heteroatoms. The molecule has 1 aliphatic rings. The molecule has 3 aromatic rings. The summed E-state index contributed by atoms with van der Waals surface area (Å²) in [5, 5.41) is 23.0. The number of hydrogen-bond acceptors (Lipinski definition) is 8. The number of aromatic nitrogens is 4. The predicted octanol–water partition coefficient (Wildman–Crippen LogP) is 3.84. The van der Waals surface area contributed by atoms with Gasteiger partial charge in [0.05, 0.1) is 25.2 Å². The smallest absolute Gasteiger partial charge is 0.158 e. The van der Waals surface area contributed by atoms with Gasteiger partial charge >= 0.3 is 0 Å². The molecule has 0 amide bonds. The monoisotopic (exact) mass is 460 g/mol. The zero-order chi connectivity index (χ0) is 24.0. The van der Waals surface area contributed by atoms with Crippen LogP contribution in [-0.4, -0.2) is 57.3 Å². The van der Waals surface area contributed by atoms with Gasteiger partial charge in [0.25, 0.3) is 0 Å². The number of nitrogens with one attached hydrogen (secondary N) is 3. The van der Waals surface area contributed by atoms with Crippen LogP contribution in [0.25, 0.3) is 11.3 Å². The fraction of sp³-hybridized carbons (Fsp3) is 0.440. The van der Waals surface area contributed by atoms with Crippen molar-refractivity contribution in [1.82, 2.24) is 30.4 Å². The van der Waals surface area contributed by atoms with Crippen LogP contribution in [0.4, 0.5) is 11.6 Å². The van der Waals surface area contributed by atoms with Crippen molar-refractivity contribution in [2.24, 2.45) is 0 Å². The van der Waals surface area contributed by atoms with Crippen molar-refractivity contribution < 1.29 is 4.74 Å². The van der Waals surface area contributed by atoms with Crippen LogP contribution in [0.15, 0.2) is 36.7 Å². The van der Waals surface area contributed by atoms with E-state index in [1.165, 1.54) is 44.7 Å². The molecular formula is C25H32N8O. The zero-order valence-electron chi connectivity index (χ0n) is 20.1. The first-order valence-corrected chi connectivity index (χ1v) is 11.6. The number of methoxy groups -OCH3 is 1. The summed E-state index contributed by atoms with van der Waals surface area (Å²) in [6.07, 6.45) is 6.89. The SMILES string of the molecule is COc1cc(CNC(C)(C)CN2CCCCC2)ccc1-c1cc(Nc2cnc(C#N)cn2)n[nH]1. The molecule has 0 bridgehead atoms. The quantitative estimate of drug-likeness (QED) is 0.441. The van der Waals surface area contributed by atoms with Gasteiger partial charge in [-0.1, -0.05) is 12.5 Å². The van der Waals surface area contributed by atoms with Gasteiger partial charge in [0.1, 0.15) is 17.6 Å². The Kier molecular flexibility index (Phi) is 7.40. The molecule has 2 aromatic heterocycles. The van der Waals surface area contributed by atoms with Crippen LogP contribution in [0.2, 0.25) is 0 Å². The highest BCUT2D eigenvalue weighted by Gasteiger charge is 2.22. The van der Waals surface area contributed by atoms with Crippen molar-refractivity contribution in [1.29, 1.82) is 5.26 Å². The van der Waals surface area contributed by atoms with Crippen LogP contribution in [0.5, 0.6) is 5.75 Å². The van der Waals surface area contributed by atoms with Crippen molar-refractivity contribution in [2.75, 3.05) is 32.1 Å². The largest absolute Gasteiger partial charge is 0.496 e. The number of anilines is 2. The second-order valence-electron chi connectivity index (χ2n) is 9.30. The maximum atomic E-state index is 8.85. The fourth-order valence-electron chi connectivity index (χ4n) is 4.25. The minimum Gasteiger partial charge on any atom is -0.496 e. The Hall–Kier alpha value is -3.48. The van der Waals surface area contributed by atoms with Gasteiger partial charge in [0, 0.05) is 30.3 Å². The van der Waals surface area contributed by atoms with Crippen LogP contribution in [0, 0.1) is 11.3 Å². The second-order valence-corrected chi connectivity index (χ2v) is 9.30. The molecule has 0 aliphatic carbocycles. The van der Waals surface area contributed by atoms with E-state index in [9.17, 15) is 0 Å². The van der Waals surface area contributed by atoms with Crippen LogP contribution in [0.3, 0.4) is 0 Å². The molecule has 1 aromatic carbocycles. The maximum Gasteiger partial charge on any atom is 0.158 e. The van der Waals surface area contributed by atoms with Crippen LogP contribution in [-0.2, 0) is 6.54 Å². The van der Waals surface area contributed by atoms with Crippen molar-refractivity contribution in [3.8, 4) is 23.1 Å². The standard InChI is InChI=1S/C25H32N8O/c1-25(2,17-33-9-5-4-6-10-33)29-14-18-7-8-20(22(11-18)34-3)21-12-23(32-31-21)30-24-16-27-19(13-26)15-28-24/h7-8,11-12,15-16,29H,4-6,9-10,14,17H2,1-3H3,(H2,28,30,31,32). The highest BCUT2D eigenvalue weighted by Crippen LogP contribution is 2.31. The van der Waals surface area contributed by atoms with E-state index in [4.69, 9.17) is 10.00 Å². The maximum absolute atomic E-state index is 8.85. The number of nitriles is 1. The van der Waals surface area contributed by atoms with Crippen LogP contribution < -0.4 is 15.4 Å². The first-order valence-electron chi connectivity index (χ1n) is 11.6. The molecule has 178 valence electrons. The normalized spacial score (nSPS) is 14.5. The number of likely N-dealkylation sites (tertiary alicyclic amines) is 1. The molecule has 4 rings (SSSR count). The first-order chi connectivity index (χ1) is 16.5. The van der Waals surface area contributed by atoms with Gasteiger partial charge in [0.2, 0.25) is 0 Å². The lowest BCUT2D eigenvalue weighted by Crippen LogP contribution is -2.49. The Bertz CT molecular complexity index is 1130. The summed E-state index contributed by atoms with van der Waals surface area (Å²) in [6.45, 7) is 8.76. The van der Waals surface area contributed by atoms with E-state index in [2.05, 4.69) is 61.7 Å². The predicted molar refractivity (Wildman–Crippen MR) is 132 cm³/mol. The third-order valence-electron chi connectivity index (χ3n) is 6.00. The van der Waals surface area contributed by atoms with Crippen molar-refractivity contribution >= 4 is 11.6 Å². The van der Waals surface area contributed by atoms with E-state index in [1.54, 1.807) is 7.11 Å². The average molecular weight is 461 g/mol. The molecule has 0 atom stereocenters. The van der Waals surface area contributed by atoms with Gasteiger partial charge in [-0.05, 0) is 57.5 Å². The number of piperidine rings is 1. The van der Waals surface area contributed by atoms with E-state index < -0.39 is 0 Å². The summed E-state index contributed by atoms with van der Waals surface area (Å²) in [5.74, 6) is 1.89. The summed E-state index contributed by atoms with van der Waals surface area (Å²) in [4.78, 5) is 10.7. The Morgan fingerprint density at radius 1 is 1.12 bits per heavy atom. The van der Waals surface area contributed by atoms with Gasteiger partial charge in [-0.3, -0.25) is 5.10 Å². The Morgan fingerprint density at radius 3 is 2.65 bits per heavy atom. The molecule has 1 saturated heterocycles. The highest BCUT2D eigenvalue weighted by molar-refractivity contribution is 5.71. The number of nitrogens with zero attached hydrogens (tertiary/aromatic N) is 5. The minimum atomic E-state index is 0.0293. The molecule has 0 spiro atoms. The highest BCUT2D eigenvalue weighted by atomic mass is 16.5. The molecule has 34 heavy (non-hydrogen) atoms. The third-order valence-corrected chi connectivity index (χ3v) is 6.00. The average Bonchev–Trinajstić information content (AvgIpc) is 3.31. The Morgan fingerprint density at radius 2 is 1.94 bits per heavy atom. The number of H-pyrrole nitrogens is 1. The molecule has 1 aliphatic heterocycles. The number of benzene rings is 1. The number of rotatable bonds is 9. The van der Waals surface area contributed by atoms with Crippen LogP contribution >= 0.6 is 0 Å². The van der Waals surface area contributed by atoms with Gasteiger partial charge in [0.15, 0.2) is 11.5 Å². The lowest BCUT2D eigenvalue weighted by Gasteiger charge is -2.35. The van der Waals surface area contributed by atoms with E-state index in [1.807, 2.05) is 18.2 Å². The van der Waals surface area contributed by atoms with Gasteiger partial charge in [-0.25, -0.2) is 9.97 Å². The minimum absolute atomic E-state index is 0.0293. The Balaban J connectivity index is 1.40. The summed E-state index contributed by atoms with van der Waals surface area (Å²) in [5.41, 5.74) is 3.21. The molecule has 9 nitrogen and oxygen atoms in total. The zero-order valence-corrected chi connectivity index (χ0v) is 20.1. The van der Waals surface area contributed by atoms with E-state index >= 15 is 0 Å². The number of ether oxygens (including phenoxy) is 1. The molecule has 1 fully saturated rings. The van der Waals surface area contributed by atoms with Crippen molar-refractivity contribution in [2.45, 2.75) is 45.2 Å². The van der Waals surface area contributed by atoms with Gasteiger partial charge in [-0.15, -0.1) is 0 Å². The molecule has 0 radical (unpaired) electrons. The summed E-state index contributed by atoms with van der Waals surface area (Å²) in [7, 11) is 1.68.